The molecule has 2 aromatic rings. The van der Waals surface area contributed by atoms with Crippen LogP contribution in [0.15, 0.2) is 40.8 Å². The van der Waals surface area contributed by atoms with Crippen molar-refractivity contribution in [2.45, 2.75) is 25.8 Å². The molecule has 2 rings (SSSR count). The number of nitrogens with one attached hydrogen (secondary N) is 1. The van der Waals surface area contributed by atoms with Crippen LogP contribution in [0.1, 0.15) is 30.0 Å². The molecule has 1 unspecified atom stereocenters. The van der Waals surface area contributed by atoms with E-state index < -0.39 is 0 Å². The first kappa shape index (κ1) is 13.6. The number of hydrazine groups is 1. The van der Waals surface area contributed by atoms with E-state index >= 15 is 0 Å². The summed E-state index contributed by atoms with van der Waals surface area (Å²) < 4.78 is 6.97. The lowest BCUT2D eigenvalue weighted by Crippen LogP contribution is -2.29. The van der Waals surface area contributed by atoms with Crippen LogP contribution < -0.4 is 11.3 Å². The molecule has 96 valence electrons. The van der Waals surface area contributed by atoms with Crippen LogP contribution in [-0.2, 0) is 12.8 Å². The molecule has 0 aliphatic rings. The molecule has 0 fully saturated rings. The molecule has 1 aromatic carbocycles. The number of rotatable bonds is 5. The van der Waals surface area contributed by atoms with Gasteiger partial charge in [-0.2, -0.15) is 0 Å². The molecule has 0 aliphatic heterocycles. The van der Waals surface area contributed by atoms with Crippen molar-refractivity contribution in [3.05, 3.63) is 57.1 Å². The Bertz CT molecular complexity index is 493. The molecule has 1 atom stereocenters. The van der Waals surface area contributed by atoms with Crippen LogP contribution in [0.5, 0.6) is 0 Å². The number of halogens is 1. The average molecular weight is 356 g/mol. The normalized spacial score (nSPS) is 12.6. The predicted octanol–water partition coefficient (Wildman–Crippen LogP) is 3.19. The summed E-state index contributed by atoms with van der Waals surface area (Å²) >= 11 is 2.30. The highest BCUT2D eigenvalue weighted by Crippen LogP contribution is 2.21. The van der Waals surface area contributed by atoms with Gasteiger partial charge in [-0.3, -0.25) is 5.84 Å². The maximum Gasteiger partial charge on any atom is 0.122 e. The van der Waals surface area contributed by atoms with Crippen molar-refractivity contribution < 1.29 is 4.42 Å². The van der Waals surface area contributed by atoms with Crippen LogP contribution in [0.2, 0.25) is 0 Å². The quantitative estimate of drug-likeness (QED) is 0.492. The third-order valence-corrected chi connectivity index (χ3v) is 3.65. The fourth-order valence-corrected chi connectivity index (χ4v) is 2.23. The van der Waals surface area contributed by atoms with E-state index in [1.165, 1.54) is 9.13 Å². The molecule has 0 bridgehead atoms. The first-order chi connectivity index (χ1) is 8.72. The summed E-state index contributed by atoms with van der Waals surface area (Å²) in [7, 11) is 0. The zero-order chi connectivity index (χ0) is 13.0. The zero-order valence-corrected chi connectivity index (χ0v) is 12.5. The molecule has 3 N–H and O–H groups in total. The van der Waals surface area contributed by atoms with Crippen LogP contribution in [0.4, 0.5) is 0 Å². The molecule has 4 heteroatoms. The van der Waals surface area contributed by atoms with Crippen LogP contribution in [0, 0.1) is 3.57 Å². The van der Waals surface area contributed by atoms with Gasteiger partial charge in [0.1, 0.15) is 11.5 Å². The van der Waals surface area contributed by atoms with Gasteiger partial charge in [0, 0.05) is 9.99 Å². The standard InChI is InChI=1S/C14H17IN2O/c1-2-12-7-8-14(18-12)13(17-16)9-10-3-5-11(15)6-4-10/h3-8,13,17H,2,9,16H2,1H3. The average Bonchev–Trinajstić information content (AvgIpc) is 2.87. The summed E-state index contributed by atoms with van der Waals surface area (Å²) in [5, 5.41) is 0. The minimum atomic E-state index is 0.0189. The third kappa shape index (κ3) is 3.34. The Labute approximate surface area is 121 Å². The Morgan fingerprint density at radius 2 is 1.94 bits per heavy atom. The first-order valence-corrected chi connectivity index (χ1v) is 7.10. The molecular weight excluding hydrogens is 339 g/mol. The van der Waals surface area contributed by atoms with E-state index in [0.29, 0.717) is 0 Å². The topological polar surface area (TPSA) is 51.2 Å². The summed E-state index contributed by atoms with van der Waals surface area (Å²) in [5.74, 6) is 7.51. The lowest BCUT2D eigenvalue weighted by atomic mass is 10.0. The Morgan fingerprint density at radius 3 is 2.50 bits per heavy atom. The molecule has 1 heterocycles. The van der Waals surface area contributed by atoms with Gasteiger partial charge in [0.15, 0.2) is 0 Å². The number of nitrogens with two attached hydrogens (primary N) is 1. The van der Waals surface area contributed by atoms with Gasteiger partial charge in [-0.25, -0.2) is 5.43 Å². The summed E-state index contributed by atoms with van der Waals surface area (Å²) in [5.41, 5.74) is 4.07. The highest BCUT2D eigenvalue weighted by atomic mass is 127. The highest BCUT2D eigenvalue weighted by molar-refractivity contribution is 14.1. The smallest absolute Gasteiger partial charge is 0.122 e. The van der Waals surface area contributed by atoms with Crippen molar-refractivity contribution in [2.24, 2.45) is 5.84 Å². The highest BCUT2D eigenvalue weighted by Gasteiger charge is 2.14. The minimum absolute atomic E-state index is 0.0189. The fraction of sp³-hybridized carbons (Fsp3) is 0.286. The number of hydrogen-bond acceptors (Lipinski definition) is 3. The Kier molecular flexibility index (Phi) is 4.79. The van der Waals surface area contributed by atoms with E-state index in [4.69, 9.17) is 10.3 Å². The molecular formula is C14H17IN2O. The van der Waals surface area contributed by atoms with Crippen molar-refractivity contribution in [3.8, 4) is 0 Å². The number of aryl methyl sites for hydroxylation is 1. The first-order valence-electron chi connectivity index (χ1n) is 6.02. The fourth-order valence-electron chi connectivity index (χ4n) is 1.87. The van der Waals surface area contributed by atoms with Crippen molar-refractivity contribution in [3.63, 3.8) is 0 Å². The molecule has 3 nitrogen and oxygen atoms in total. The number of furan rings is 1. The Morgan fingerprint density at radius 1 is 1.22 bits per heavy atom. The van der Waals surface area contributed by atoms with E-state index in [0.717, 1.165) is 24.4 Å². The van der Waals surface area contributed by atoms with Gasteiger partial charge in [-0.15, -0.1) is 0 Å². The third-order valence-electron chi connectivity index (χ3n) is 2.93. The van der Waals surface area contributed by atoms with Gasteiger partial charge >= 0.3 is 0 Å². The van der Waals surface area contributed by atoms with Crippen LogP contribution >= 0.6 is 22.6 Å². The van der Waals surface area contributed by atoms with Crippen molar-refractivity contribution >= 4 is 22.6 Å². The van der Waals surface area contributed by atoms with Crippen molar-refractivity contribution in [1.82, 2.24) is 5.43 Å². The Balaban J connectivity index is 2.11. The Hall–Kier alpha value is -0.850. The lowest BCUT2D eigenvalue weighted by molar-refractivity contribution is 0.396. The van der Waals surface area contributed by atoms with Gasteiger partial charge in [0.2, 0.25) is 0 Å². The van der Waals surface area contributed by atoms with Gasteiger partial charge in [-0.1, -0.05) is 19.1 Å². The van der Waals surface area contributed by atoms with Gasteiger partial charge in [0.05, 0.1) is 6.04 Å². The minimum Gasteiger partial charge on any atom is -0.464 e. The number of hydrogen-bond donors (Lipinski definition) is 2. The molecule has 0 aliphatic carbocycles. The maximum atomic E-state index is 5.74. The van der Waals surface area contributed by atoms with E-state index in [9.17, 15) is 0 Å². The summed E-state index contributed by atoms with van der Waals surface area (Å²) in [6.45, 7) is 2.08. The van der Waals surface area contributed by atoms with Crippen molar-refractivity contribution in [2.75, 3.05) is 0 Å². The SMILES string of the molecule is CCc1ccc(C(Cc2ccc(I)cc2)NN)o1. The summed E-state index contributed by atoms with van der Waals surface area (Å²) in [6.07, 6.45) is 1.73. The van der Waals surface area contributed by atoms with Gasteiger partial charge in [0.25, 0.3) is 0 Å². The van der Waals surface area contributed by atoms with Gasteiger partial charge in [-0.05, 0) is 58.8 Å². The molecule has 0 spiro atoms. The van der Waals surface area contributed by atoms with E-state index in [2.05, 4.69) is 59.2 Å². The van der Waals surface area contributed by atoms with Gasteiger partial charge < -0.3 is 4.42 Å². The van der Waals surface area contributed by atoms with Crippen molar-refractivity contribution in [1.29, 1.82) is 0 Å². The van der Waals surface area contributed by atoms with Crippen LogP contribution in [0.3, 0.4) is 0 Å². The second-order valence-electron chi connectivity index (χ2n) is 4.21. The second kappa shape index (κ2) is 6.36. The molecule has 1 aromatic heterocycles. The van der Waals surface area contributed by atoms with Crippen LogP contribution in [0.25, 0.3) is 0 Å². The lowest BCUT2D eigenvalue weighted by Gasteiger charge is -2.13. The summed E-state index contributed by atoms with van der Waals surface area (Å²) in [6, 6.07) is 12.5. The van der Waals surface area contributed by atoms with E-state index in [-0.39, 0.29) is 6.04 Å². The molecule has 0 radical (unpaired) electrons. The summed E-state index contributed by atoms with van der Waals surface area (Å²) in [4.78, 5) is 0. The predicted molar refractivity (Wildman–Crippen MR) is 81.0 cm³/mol. The van der Waals surface area contributed by atoms with E-state index in [1.807, 2.05) is 12.1 Å². The molecule has 0 saturated carbocycles. The van der Waals surface area contributed by atoms with E-state index in [1.54, 1.807) is 0 Å². The monoisotopic (exact) mass is 356 g/mol. The van der Waals surface area contributed by atoms with Crippen LogP contribution in [-0.4, -0.2) is 0 Å². The number of benzene rings is 1. The maximum absolute atomic E-state index is 5.74. The molecule has 0 saturated heterocycles. The largest absolute Gasteiger partial charge is 0.464 e. The second-order valence-corrected chi connectivity index (χ2v) is 5.45. The molecule has 0 amide bonds. The zero-order valence-electron chi connectivity index (χ0n) is 10.3. The molecule has 18 heavy (non-hydrogen) atoms.